The average Bonchev–Trinajstić information content (AvgIpc) is 2.80. The van der Waals surface area contributed by atoms with E-state index in [-0.39, 0.29) is 17.1 Å². The standard InChI is InChI=1S/C17H25NO2/c1-16(2)13-7-8-17(16,15(19)10-13)18-11-12-5-4-6-14(9-12)20-3/h4-6,9,13,15,18-19H,7-8,10-11H2,1-3H3/t13-,15-,17-/m1/s1. The molecule has 2 fully saturated rings. The number of rotatable bonds is 4. The minimum absolute atomic E-state index is 0.124. The molecular weight excluding hydrogens is 250 g/mol. The number of fused-ring (bicyclic) bond motifs is 2. The van der Waals surface area contributed by atoms with Gasteiger partial charge in [0.25, 0.3) is 0 Å². The molecule has 0 heterocycles. The largest absolute Gasteiger partial charge is 0.497 e. The van der Waals surface area contributed by atoms with Gasteiger partial charge < -0.3 is 15.2 Å². The van der Waals surface area contributed by atoms with E-state index in [1.54, 1.807) is 7.11 Å². The van der Waals surface area contributed by atoms with Gasteiger partial charge >= 0.3 is 0 Å². The Balaban J connectivity index is 1.77. The second-order valence-electron chi connectivity index (χ2n) is 6.89. The molecule has 3 heteroatoms. The Morgan fingerprint density at radius 2 is 2.20 bits per heavy atom. The van der Waals surface area contributed by atoms with Crippen LogP contribution in [0, 0.1) is 11.3 Å². The number of hydrogen-bond donors (Lipinski definition) is 2. The zero-order valence-electron chi connectivity index (χ0n) is 12.6. The van der Waals surface area contributed by atoms with Gasteiger partial charge in [-0.15, -0.1) is 0 Å². The maximum Gasteiger partial charge on any atom is 0.119 e. The van der Waals surface area contributed by atoms with Crippen molar-refractivity contribution in [3.05, 3.63) is 29.8 Å². The summed E-state index contributed by atoms with van der Waals surface area (Å²) in [5.74, 6) is 1.53. The molecule has 0 aromatic heterocycles. The molecule has 1 aromatic carbocycles. The third kappa shape index (κ3) is 1.87. The lowest BCUT2D eigenvalue weighted by Gasteiger charge is -2.41. The third-order valence-corrected chi connectivity index (χ3v) is 5.88. The first kappa shape index (κ1) is 13.9. The van der Waals surface area contributed by atoms with Crippen molar-refractivity contribution in [2.45, 2.75) is 51.3 Å². The summed E-state index contributed by atoms with van der Waals surface area (Å²) in [7, 11) is 1.69. The van der Waals surface area contributed by atoms with Crippen molar-refractivity contribution in [1.82, 2.24) is 5.32 Å². The van der Waals surface area contributed by atoms with Crippen LogP contribution in [-0.4, -0.2) is 23.9 Å². The summed E-state index contributed by atoms with van der Waals surface area (Å²) in [4.78, 5) is 0. The first-order valence-corrected chi connectivity index (χ1v) is 7.55. The Morgan fingerprint density at radius 1 is 1.40 bits per heavy atom. The summed E-state index contributed by atoms with van der Waals surface area (Å²) in [5.41, 5.74) is 1.25. The summed E-state index contributed by atoms with van der Waals surface area (Å²) < 4.78 is 5.27. The highest BCUT2D eigenvalue weighted by molar-refractivity contribution is 5.29. The van der Waals surface area contributed by atoms with E-state index >= 15 is 0 Å². The molecule has 3 atom stereocenters. The molecule has 0 radical (unpaired) electrons. The molecule has 2 saturated carbocycles. The molecule has 0 saturated heterocycles. The molecule has 2 aliphatic rings. The summed E-state index contributed by atoms with van der Waals surface area (Å²) in [5, 5.41) is 14.2. The Morgan fingerprint density at radius 3 is 2.80 bits per heavy atom. The third-order valence-electron chi connectivity index (χ3n) is 5.88. The van der Waals surface area contributed by atoms with Crippen LogP contribution in [0.2, 0.25) is 0 Å². The van der Waals surface area contributed by atoms with Crippen LogP contribution in [0.25, 0.3) is 0 Å². The Kier molecular flexibility index (Phi) is 3.30. The molecule has 2 aliphatic carbocycles. The molecule has 110 valence electrons. The van der Waals surface area contributed by atoms with Crippen LogP contribution in [0.3, 0.4) is 0 Å². The molecule has 3 rings (SSSR count). The maximum atomic E-state index is 10.5. The summed E-state index contributed by atoms with van der Waals surface area (Å²) >= 11 is 0. The number of ether oxygens (including phenoxy) is 1. The molecule has 3 nitrogen and oxygen atoms in total. The topological polar surface area (TPSA) is 41.5 Å². The Bertz CT molecular complexity index is 500. The minimum atomic E-state index is -0.221. The quantitative estimate of drug-likeness (QED) is 0.888. The van der Waals surface area contributed by atoms with E-state index in [9.17, 15) is 5.11 Å². The predicted molar refractivity (Wildman–Crippen MR) is 79.7 cm³/mol. The Hall–Kier alpha value is -1.06. The summed E-state index contributed by atoms with van der Waals surface area (Å²) in [6.45, 7) is 5.39. The second kappa shape index (κ2) is 4.74. The number of nitrogens with one attached hydrogen (secondary N) is 1. The molecule has 20 heavy (non-hydrogen) atoms. The zero-order valence-corrected chi connectivity index (χ0v) is 12.6. The van der Waals surface area contributed by atoms with Crippen LogP contribution in [-0.2, 0) is 6.54 Å². The second-order valence-corrected chi connectivity index (χ2v) is 6.89. The van der Waals surface area contributed by atoms with E-state index in [1.807, 2.05) is 12.1 Å². The Labute approximate surface area is 121 Å². The summed E-state index contributed by atoms with van der Waals surface area (Å²) in [6, 6.07) is 8.14. The minimum Gasteiger partial charge on any atom is -0.497 e. The van der Waals surface area contributed by atoms with Gasteiger partial charge in [0, 0.05) is 12.1 Å². The molecule has 0 unspecified atom stereocenters. The molecule has 1 aromatic rings. The van der Waals surface area contributed by atoms with Crippen LogP contribution >= 0.6 is 0 Å². The lowest BCUT2D eigenvalue weighted by molar-refractivity contribution is 0.0366. The molecule has 0 amide bonds. The fourth-order valence-electron chi connectivity index (χ4n) is 4.40. The van der Waals surface area contributed by atoms with Gasteiger partial charge in [-0.05, 0) is 48.3 Å². The van der Waals surface area contributed by atoms with Gasteiger partial charge in [0.05, 0.1) is 13.2 Å². The van der Waals surface area contributed by atoms with Crippen LogP contribution in [0.5, 0.6) is 5.75 Å². The lowest BCUT2D eigenvalue weighted by atomic mass is 9.75. The highest BCUT2D eigenvalue weighted by atomic mass is 16.5. The first-order chi connectivity index (χ1) is 9.49. The van der Waals surface area contributed by atoms with Gasteiger partial charge in [-0.3, -0.25) is 0 Å². The van der Waals surface area contributed by atoms with Crippen LogP contribution in [0.1, 0.15) is 38.7 Å². The first-order valence-electron chi connectivity index (χ1n) is 7.55. The number of hydrogen-bond acceptors (Lipinski definition) is 3. The van der Waals surface area contributed by atoms with Crippen LogP contribution < -0.4 is 10.1 Å². The lowest BCUT2D eigenvalue weighted by Crippen LogP contribution is -2.57. The number of benzene rings is 1. The van der Waals surface area contributed by atoms with E-state index in [0.717, 1.165) is 25.1 Å². The summed E-state index contributed by atoms with van der Waals surface area (Å²) in [6.07, 6.45) is 3.03. The highest BCUT2D eigenvalue weighted by Crippen LogP contribution is 2.60. The molecule has 0 aliphatic heterocycles. The number of aliphatic hydroxyl groups is 1. The van der Waals surface area contributed by atoms with Gasteiger partial charge in [0.1, 0.15) is 5.75 Å². The molecular formula is C17H25NO2. The van der Waals surface area contributed by atoms with Crippen molar-refractivity contribution in [2.75, 3.05) is 7.11 Å². The molecule has 0 spiro atoms. The van der Waals surface area contributed by atoms with Crippen molar-refractivity contribution in [1.29, 1.82) is 0 Å². The van der Waals surface area contributed by atoms with E-state index in [0.29, 0.717) is 5.92 Å². The van der Waals surface area contributed by atoms with Crippen molar-refractivity contribution in [3.8, 4) is 5.75 Å². The smallest absolute Gasteiger partial charge is 0.119 e. The fourth-order valence-corrected chi connectivity index (χ4v) is 4.40. The van der Waals surface area contributed by atoms with Gasteiger partial charge in [0.15, 0.2) is 0 Å². The van der Waals surface area contributed by atoms with Crippen molar-refractivity contribution >= 4 is 0 Å². The van der Waals surface area contributed by atoms with Crippen molar-refractivity contribution < 1.29 is 9.84 Å². The SMILES string of the molecule is COc1cccc(CN[C@]23CC[C@H](C[C@H]2O)C3(C)C)c1. The highest BCUT2D eigenvalue weighted by Gasteiger charge is 2.63. The monoisotopic (exact) mass is 275 g/mol. The van der Waals surface area contributed by atoms with Gasteiger partial charge in [0.2, 0.25) is 0 Å². The fraction of sp³-hybridized carbons (Fsp3) is 0.647. The van der Waals surface area contributed by atoms with E-state index in [1.165, 1.54) is 12.0 Å². The predicted octanol–water partition coefficient (Wildman–Crippen LogP) is 2.72. The van der Waals surface area contributed by atoms with Crippen molar-refractivity contribution in [2.24, 2.45) is 11.3 Å². The number of aliphatic hydroxyl groups excluding tert-OH is 1. The van der Waals surface area contributed by atoms with Crippen LogP contribution in [0.4, 0.5) is 0 Å². The van der Waals surface area contributed by atoms with E-state index in [2.05, 4.69) is 31.3 Å². The normalized spacial score (nSPS) is 34.4. The zero-order chi connectivity index (χ0) is 14.4. The van der Waals surface area contributed by atoms with Gasteiger partial charge in [-0.25, -0.2) is 0 Å². The molecule has 2 N–H and O–H groups in total. The van der Waals surface area contributed by atoms with Gasteiger partial charge in [-0.2, -0.15) is 0 Å². The van der Waals surface area contributed by atoms with Crippen LogP contribution in [0.15, 0.2) is 24.3 Å². The average molecular weight is 275 g/mol. The van der Waals surface area contributed by atoms with E-state index in [4.69, 9.17) is 4.74 Å². The van der Waals surface area contributed by atoms with Crippen molar-refractivity contribution in [3.63, 3.8) is 0 Å². The maximum absolute atomic E-state index is 10.5. The molecule has 2 bridgehead atoms. The number of methoxy groups -OCH3 is 1. The van der Waals surface area contributed by atoms with Gasteiger partial charge in [-0.1, -0.05) is 26.0 Å². The van der Waals surface area contributed by atoms with E-state index < -0.39 is 0 Å².